The summed E-state index contributed by atoms with van der Waals surface area (Å²) < 4.78 is 25.0. The predicted molar refractivity (Wildman–Crippen MR) is 124 cm³/mol. The normalized spacial score (nSPS) is 14.7. The number of urea groups is 1. The molecule has 2 aromatic carbocycles. The summed E-state index contributed by atoms with van der Waals surface area (Å²) in [5.41, 5.74) is 2.42. The highest BCUT2D eigenvalue weighted by molar-refractivity contribution is 7.92. The maximum Gasteiger partial charge on any atom is 0.328 e. The number of imide groups is 1. The number of amides is 4. The molecular formula is C22H26N4O5S. The van der Waals surface area contributed by atoms with Gasteiger partial charge in [0, 0.05) is 35.6 Å². The lowest BCUT2D eigenvalue weighted by Crippen LogP contribution is -2.49. The van der Waals surface area contributed by atoms with E-state index >= 15 is 0 Å². The van der Waals surface area contributed by atoms with Crippen LogP contribution in [0.1, 0.15) is 43.1 Å². The van der Waals surface area contributed by atoms with Crippen LogP contribution in [-0.2, 0) is 20.2 Å². The van der Waals surface area contributed by atoms with Gasteiger partial charge in [-0.2, -0.15) is 0 Å². The molecule has 3 rings (SSSR count). The topological polar surface area (TPSA) is 125 Å². The lowest BCUT2D eigenvalue weighted by atomic mass is 9.86. The second-order valence-electron chi connectivity index (χ2n) is 8.68. The number of sulfonamides is 1. The van der Waals surface area contributed by atoms with E-state index in [1.165, 1.54) is 29.2 Å². The summed E-state index contributed by atoms with van der Waals surface area (Å²) in [6.07, 6.45) is 1.24. The monoisotopic (exact) mass is 458 g/mol. The number of anilines is 3. The van der Waals surface area contributed by atoms with Gasteiger partial charge in [-0.1, -0.05) is 20.8 Å². The molecule has 1 aliphatic rings. The zero-order valence-electron chi connectivity index (χ0n) is 18.4. The Balaban J connectivity index is 1.87. The molecule has 1 fully saturated rings. The van der Waals surface area contributed by atoms with Crippen molar-refractivity contribution in [1.82, 2.24) is 5.32 Å². The molecule has 10 heteroatoms. The highest BCUT2D eigenvalue weighted by Crippen LogP contribution is 2.31. The SMILES string of the molecule is CC(C)(C)c1cc(NC(=O)c2ccc(NS(C)(=O)=O)cc2)cc(N2CCC(=O)NC2=O)c1. The number of hydrogen-bond acceptors (Lipinski definition) is 5. The van der Waals surface area contributed by atoms with Crippen LogP contribution >= 0.6 is 0 Å². The molecule has 2 aromatic rings. The van der Waals surface area contributed by atoms with Gasteiger partial charge in [0.15, 0.2) is 0 Å². The molecule has 9 nitrogen and oxygen atoms in total. The molecular weight excluding hydrogens is 432 g/mol. The van der Waals surface area contributed by atoms with Crippen molar-refractivity contribution < 1.29 is 22.8 Å². The van der Waals surface area contributed by atoms with Crippen LogP contribution in [0.2, 0.25) is 0 Å². The second-order valence-corrected chi connectivity index (χ2v) is 10.4. The van der Waals surface area contributed by atoms with Crippen molar-refractivity contribution in [2.75, 3.05) is 27.7 Å². The molecule has 3 N–H and O–H groups in total. The largest absolute Gasteiger partial charge is 0.328 e. The zero-order chi connectivity index (χ0) is 23.7. The van der Waals surface area contributed by atoms with Crippen molar-refractivity contribution in [3.8, 4) is 0 Å². The van der Waals surface area contributed by atoms with Crippen molar-refractivity contribution in [3.63, 3.8) is 0 Å². The van der Waals surface area contributed by atoms with Gasteiger partial charge in [0.1, 0.15) is 0 Å². The number of carbonyl (C=O) groups excluding carboxylic acids is 3. The summed E-state index contributed by atoms with van der Waals surface area (Å²) in [5.74, 6) is -0.702. The fourth-order valence-electron chi connectivity index (χ4n) is 3.19. The summed E-state index contributed by atoms with van der Waals surface area (Å²) in [6, 6.07) is 10.9. The summed E-state index contributed by atoms with van der Waals surface area (Å²) in [5, 5.41) is 5.14. The van der Waals surface area contributed by atoms with Gasteiger partial charge in [0.05, 0.1) is 6.26 Å². The molecule has 1 aliphatic heterocycles. The average molecular weight is 459 g/mol. The van der Waals surface area contributed by atoms with Crippen LogP contribution in [0.5, 0.6) is 0 Å². The van der Waals surface area contributed by atoms with Crippen molar-refractivity contribution in [3.05, 3.63) is 53.6 Å². The maximum atomic E-state index is 12.8. The molecule has 0 bridgehead atoms. The minimum atomic E-state index is -3.41. The number of rotatable bonds is 5. The molecule has 0 spiro atoms. The molecule has 32 heavy (non-hydrogen) atoms. The number of nitrogens with zero attached hydrogens (tertiary/aromatic N) is 1. The van der Waals surface area contributed by atoms with E-state index in [0.717, 1.165) is 11.8 Å². The summed E-state index contributed by atoms with van der Waals surface area (Å²) in [6.45, 7) is 6.31. The summed E-state index contributed by atoms with van der Waals surface area (Å²) in [7, 11) is -3.41. The molecule has 170 valence electrons. The molecule has 0 unspecified atom stereocenters. The van der Waals surface area contributed by atoms with Crippen LogP contribution in [0.15, 0.2) is 42.5 Å². The first-order valence-electron chi connectivity index (χ1n) is 9.98. The van der Waals surface area contributed by atoms with Gasteiger partial charge >= 0.3 is 6.03 Å². The minimum Gasteiger partial charge on any atom is -0.322 e. The van der Waals surface area contributed by atoms with Crippen LogP contribution in [-0.4, -0.2) is 39.1 Å². The number of carbonyl (C=O) groups is 3. The molecule has 4 amide bonds. The van der Waals surface area contributed by atoms with Crippen molar-refractivity contribution >= 4 is 44.9 Å². The van der Waals surface area contributed by atoms with Crippen LogP contribution in [0.3, 0.4) is 0 Å². The highest BCUT2D eigenvalue weighted by atomic mass is 32.2. The van der Waals surface area contributed by atoms with Gasteiger partial charge in [-0.15, -0.1) is 0 Å². The first-order chi connectivity index (χ1) is 14.8. The Morgan fingerprint density at radius 2 is 1.69 bits per heavy atom. The first kappa shape index (κ1) is 23.3. The van der Waals surface area contributed by atoms with Crippen LogP contribution < -0.4 is 20.3 Å². The molecule has 0 atom stereocenters. The third-order valence-electron chi connectivity index (χ3n) is 4.86. The van der Waals surface area contributed by atoms with Crippen molar-refractivity contribution in [2.24, 2.45) is 0 Å². The molecule has 1 saturated heterocycles. The Labute approximate surface area is 187 Å². The second kappa shape index (κ2) is 8.62. The Morgan fingerprint density at radius 1 is 1.03 bits per heavy atom. The van der Waals surface area contributed by atoms with E-state index < -0.39 is 16.1 Å². The number of hydrogen-bond donors (Lipinski definition) is 3. The lowest BCUT2D eigenvalue weighted by molar-refractivity contribution is -0.120. The minimum absolute atomic E-state index is 0.195. The van der Waals surface area contributed by atoms with Gasteiger partial charge < -0.3 is 5.32 Å². The molecule has 0 aliphatic carbocycles. The Morgan fingerprint density at radius 3 is 2.25 bits per heavy atom. The molecule has 0 saturated carbocycles. The van der Waals surface area contributed by atoms with Gasteiger partial charge in [-0.25, -0.2) is 13.2 Å². The summed E-state index contributed by atoms with van der Waals surface area (Å²) in [4.78, 5) is 38.1. The van der Waals surface area contributed by atoms with Gasteiger partial charge in [0.2, 0.25) is 15.9 Å². The van der Waals surface area contributed by atoms with E-state index in [1.807, 2.05) is 32.9 Å². The van der Waals surface area contributed by atoms with E-state index in [-0.39, 0.29) is 30.2 Å². The van der Waals surface area contributed by atoms with Crippen molar-refractivity contribution in [1.29, 1.82) is 0 Å². The van der Waals surface area contributed by atoms with E-state index in [0.29, 0.717) is 22.6 Å². The highest BCUT2D eigenvalue weighted by Gasteiger charge is 2.26. The fraction of sp³-hybridized carbons (Fsp3) is 0.318. The van der Waals surface area contributed by atoms with Crippen LogP contribution in [0.25, 0.3) is 0 Å². The predicted octanol–water partition coefficient (Wildman–Crippen LogP) is 3.05. The number of nitrogens with one attached hydrogen (secondary N) is 3. The lowest BCUT2D eigenvalue weighted by Gasteiger charge is -2.29. The van der Waals surface area contributed by atoms with Crippen molar-refractivity contribution in [2.45, 2.75) is 32.6 Å². The van der Waals surface area contributed by atoms with E-state index in [1.54, 1.807) is 6.07 Å². The zero-order valence-corrected chi connectivity index (χ0v) is 19.2. The molecule has 1 heterocycles. The third kappa shape index (κ3) is 5.85. The van der Waals surface area contributed by atoms with Gasteiger partial charge in [-0.3, -0.25) is 24.5 Å². The van der Waals surface area contributed by atoms with Gasteiger partial charge in [0.25, 0.3) is 5.91 Å². The first-order valence-corrected chi connectivity index (χ1v) is 11.9. The van der Waals surface area contributed by atoms with Gasteiger partial charge in [-0.05, 0) is 53.4 Å². The van der Waals surface area contributed by atoms with E-state index in [4.69, 9.17) is 0 Å². The third-order valence-corrected chi connectivity index (χ3v) is 5.46. The van der Waals surface area contributed by atoms with Crippen LogP contribution in [0, 0.1) is 0 Å². The quantitative estimate of drug-likeness (QED) is 0.635. The Hall–Kier alpha value is -3.40. The average Bonchev–Trinajstić information content (AvgIpc) is 2.66. The van der Waals surface area contributed by atoms with E-state index in [2.05, 4.69) is 15.4 Å². The number of benzene rings is 2. The Kier molecular flexibility index (Phi) is 6.27. The Bertz CT molecular complexity index is 1170. The summed E-state index contributed by atoms with van der Waals surface area (Å²) >= 11 is 0. The fourth-order valence-corrected chi connectivity index (χ4v) is 3.75. The molecule has 0 aromatic heterocycles. The standard InChI is InChI=1S/C22H26N4O5S/c1-22(2,3)15-11-17(13-18(12-15)26-10-9-19(27)24-21(26)29)23-20(28)14-5-7-16(8-6-14)25-32(4,30)31/h5-8,11-13,25H,9-10H2,1-4H3,(H,23,28)(H,24,27,29). The smallest absolute Gasteiger partial charge is 0.322 e. The van der Waals surface area contributed by atoms with E-state index in [9.17, 15) is 22.8 Å². The molecule has 0 radical (unpaired) electrons. The maximum absolute atomic E-state index is 12.8. The van der Waals surface area contributed by atoms with Crippen LogP contribution in [0.4, 0.5) is 21.9 Å².